The van der Waals surface area contributed by atoms with Crippen molar-refractivity contribution >= 4 is 21.0 Å². The second kappa shape index (κ2) is 8.12. The maximum atomic E-state index is 11.5. The number of nitrogens with zero attached hydrogens (tertiary/aromatic N) is 2. The first-order valence-corrected chi connectivity index (χ1v) is 10.8. The van der Waals surface area contributed by atoms with Crippen molar-refractivity contribution in [2.75, 3.05) is 11.4 Å². The number of hydrogen-bond donors (Lipinski definition) is 1. The van der Waals surface area contributed by atoms with Gasteiger partial charge < -0.3 is 9.53 Å². The summed E-state index contributed by atoms with van der Waals surface area (Å²) < 4.78 is 6.23. The lowest BCUT2D eigenvalue weighted by molar-refractivity contribution is 0.0857. The summed E-state index contributed by atoms with van der Waals surface area (Å²) in [4.78, 5) is 17.4. The molecule has 1 atom stereocenters. The van der Waals surface area contributed by atoms with Crippen molar-refractivity contribution in [3.05, 3.63) is 23.4 Å². The predicted octanol–water partition coefficient (Wildman–Crippen LogP) is 4.89. The summed E-state index contributed by atoms with van der Waals surface area (Å²) >= 11 is 0. The van der Waals surface area contributed by atoms with Crippen molar-refractivity contribution in [1.29, 1.82) is 0 Å². The Balaban J connectivity index is 3.23. The van der Waals surface area contributed by atoms with Crippen LogP contribution in [-0.2, 0) is 4.43 Å². The zero-order valence-electron chi connectivity index (χ0n) is 16.2. The molecule has 1 unspecified atom stereocenters. The molecule has 0 aliphatic rings. The Labute approximate surface area is 147 Å². The molecule has 0 aliphatic carbocycles. The van der Waals surface area contributed by atoms with Gasteiger partial charge in [0.1, 0.15) is 5.82 Å². The van der Waals surface area contributed by atoms with Crippen LogP contribution < -0.4 is 4.90 Å². The molecule has 6 heteroatoms. The highest BCUT2D eigenvalue weighted by molar-refractivity contribution is 6.48. The summed E-state index contributed by atoms with van der Waals surface area (Å²) in [6, 6.07) is 3.76. The maximum Gasteiger partial charge on any atom is 0.413 e. The van der Waals surface area contributed by atoms with Crippen LogP contribution in [0.15, 0.2) is 12.1 Å². The molecule has 0 saturated heterocycles. The van der Waals surface area contributed by atoms with E-state index in [0.29, 0.717) is 12.4 Å². The summed E-state index contributed by atoms with van der Waals surface area (Å²) in [5.74, 6) is 0.711. The summed E-state index contributed by atoms with van der Waals surface area (Å²) in [7, 11) is -0.867. The molecule has 1 aromatic rings. The SMILES string of the molecule is Cc1nc(N(CC(C)C)C(=O)O)ccc1C(O[Si](C)C)C(C)(C)C. The standard InChI is InChI=1S/C18H31N2O3Si/c1-12(2)11-20(17(21)22)15-10-9-14(13(3)19-15)16(18(4,5)6)23-24(7)8/h9-10,12,16H,11H2,1-8H3,(H,21,22). The minimum absolute atomic E-state index is 0.0497. The highest BCUT2D eigenvalue weighted by Gasteiger charge is 2.30. The smallest absolute Gasteiger partial charge is 0.413 e. The highest BCUT2D eigenvalue weighted by atomic mass is 28.3. The lowest BCUT2D eigenvalue weighted by Crippen LogP contribution is -2.34. The third-order valence-corrected chi connectivity index (χ3v) is 4.30. The van der Waals surface area contributed by atoms with Crippen molar-refractivity contribution in [1.82, 2.24) is 4.98 Å². The minimum atomic E-state index is -0.973. The molecule has 0 fully saturated rings. The fraction of sp³-hybridized carbons (Fsp3) is 0.667. The molecule has 0 aromatic carbocycles. The van der Waals surface area contributed by atoms with E-state index >= 15 is 0 Å². The van der Waals surface area contributed by atoms with Gasteiger partial charge in [-0.15, -0.1) is 0 Å². The van der Waals surface area contributed by atoms with Gasteiger partial charge in [0, 0.05) is 17.8 Å². The molecule has 0 aliphatic heterocycles. The fourth-order valence-electron chi connectivity index (χ4n) is 2.56. The summed E-state index contributed by atoms with van der Waals surface area (Å²) in [5, 5.41) is 9.46. The first kappa shape index (κ1) is 20.6. The van der Waals surface area contributed by atoms with Gasteiger partial charge in [-0.3, -0.25) is 4.90 Å². The fourth-order valence-corrected chi connectivity index (χ4v) is 3.52. The Kier molecular flexibility index (Phi) is 6.98. The molecule has 1 amide bonds. The van der Waals surface area contributed by atoms with E-state index in [0.717, 1.165) is 11.3 Å². The number of aryl methyl sites for hydroxylation is 1. The monoisotopic (exact) mass is 351 g/mol. The van der Waals surface area contributed by atoms with E-state index in [2.05, 4.69) is 38.8 Å². The van der Waals surface area contributed by atoms with E-state index < -0.39 is 15.1 Å². The molecule has 1 aromatic heterocycles. The average Bonchev–Trinajstić information content (AvgIpc) is 2.40. The van der Waals surface area contributed by atoms with Gasteiger partial charge in [-0.25, -0.2) is 9.78 Å². The van der Waals surface area contributed by atoms with Gasteiger partial charge in [0.05, 0.1) is 6.10 Å². The Morgan fingerprint density at radius 1 is 1.33 bits per heavy atom. The number of carbonyl (C=O) groups is 1. The molecule has 1 N–H and O–H groups in total. The largest absolute Gasteiger partial charge is 0.465 e. The van der Waals surface area contributed by atoms with Crippen molar-refractivity contribution < 1.29 is 14.3 Å². The Hall–Kier alpha value is -1.40. The Bertz CT molecular complexity index is 568. The molecule has 24 heavy (non-hydrogen) atoms. The number of pyridine rings is 1. The average molecular weight is 352 g/mol. The van der Waals surface area contributed by atoms with Crippen molar-refractivity contribution in [2.24, 2.45) is 11.3 Å². The third kappa shape index (κ3) is 5.60. The maximum absolute atomic E-state index is 11.5. The molecule has 135 valence electrons. The van der Waals surface area contributed by atoms with E-state index in [1.165, 1.54) is 4.90 Å². The molecular weight excluding hydrogens is 320 g/mol. The van der Waals surface area contributed by atoms with Gasteiger partial charge in [0.15, 0.2) is 0 Å². The van der Waals surface area contributed by atoms with E-state index in [4.69, 9.17) is 4.43 Å². The molecule has 0 spiro atoms. The molecule has 0 saturated carbocycles. The van der Waals surface area contributed by atoms with Crippen LogP contribution in [-0.4, -0.2) is 31.8 Å². The predicted molar refractivity (Wildman–Crippen MR) is 99.9 cm³/mol. The number of hydrogen-bond acceptors (Lipinski definition) is 3. The lowest BCUT2D eigenvalue weighted by Gasteiger charge is -2.33. The van der Waals surface area contributed by atoms with Crippen LogP contribution in [0.25, 0.3) is 0 Å². The second-order valence-corrected chi connectivity index (χ2v) is 9.96. The lowest BCUT2D eigenvalue weighted by atomic mass is 9.84. The summed E-state index contributed by atoms with van der Waals surface area (Å²) in [5.41, 5.74) is 1.80. The van der Waals surface area contributed by atoms with Crippen LogP contribution in [0.3, 0.4) is 0 Å². The van der Waals surface area contributed by atoms with Crippen LogP contribution in [0.1, 0.15) is 52.0 Å². The normalized spacial score (nSPS) is 13.4. The van der Waals surface area contributed by atoms with Gasteiger partial charge in [-0.2, -0.15) is 0 Å². The quantitative estimate of drug-likeness (QED) is 0.742. The number of carboxylic acid groups (broad SMARTS) is 1. The first-order valence-electron chi connectivity index (χ1n) is 8.38. The van der Waals surface area contributed by atoms with Crippen molar-refractivity contribution in [2.45, 2.75) is 60.7 Å². The number of amides is 1. The van der Waals surface area contributed by atoms with E-state index in [9.17, 15) is 9.90 Å². The zero-order valence-corrected chi connectivity index (χ0v) is 17.2. The van der Waals surface area contributed by atoms with E-state index in [-0.39, 0.29) is 17.4 Å². The summed E-state index contributed by atoms with van der Waals surface area (Å²) in [6.07, 6.45) is -1.02. The topological polar surface area (TPSA) is 62.7 Å². The van der Waals surface area contributed by atoms with Gasteiger partial charge >= 0.3 is 6.09 Å². The molecule has 1 rings (SSSR count). The number of rotatable bonds is 6. The minimum Gasteiger partial charge on any atom is -0.465 e. The van der Waals surface area contributed by atoms with E-state index in [1.807, 2.05) is 26.8 Å². The van der Waals surface area contributed by atoms with Crippen LogP contribution in [0.2, 0.25) is 13.1 Å². The van der Waals surface area contributed by atoms with Crippen molar-refractivity contribution in [3.8, 4) is 0 Å². The van der Waals surface area contributed by atoms with Gasteiger partial charge in [0.25, 0.3) is 0 Å². The number of anilines is 1. The molecule has 1 radical (unpaired) electrons. The van der Waals surface area contributed by atoms with Crippen LogP contribution in [0.4, 0.5) is 10.6 Å². The highest BCUT2D eigenvalue weighted by Crippen LogP contribution is 2.38. The van der Waals surface area contributed by atoms with Gasteiger partial charge in [0.2, 0.25) is 9.04 Å². The van der Waals surface area contributed by atoms with E-state index in [1.54, 1.807) is 6.07 Å². The molecule has 1 heterocycles. The van der Waals surface area contributed by atoms with Gasteiger partial charge in [-0.05, 0) is 37.4 Å². The second-order valence-electron chi connectivity index (χ2n) is 7.90. The Morgan fingerprint density at radius 3 is 2.29 bits per heavy atom. The van der Waals surface area contributed by atoms with Crippen LogP contribution >= 0.6 is 0 Å². The zero-order chi connectivity index (χ0) is 18.7. The van der Waals surface area contributed by atoms with Crippen molar-refractivity contribution in [3.63, 3.8) is 0 Å². The van der Waals surface area contributed by atoms with Gasteiger partial charge in [-0.1, -0.05) is 40.7 Å². The third-order valence-electron chi connectivity index (χ3n) is 3.59. The van der Waals surface area contributed by atoms with Crippen LogP contribution in [0.5, 0.6) is 0 Å². The first-order chi connectivity index (χ1) is 10.9. The summed E-state index contributed by atoms with van der Waals surface area (Å²) in [6.45, 7) is 17.0. The van der Waals surface area contributed by atoms with Crippen LogP contribution in [0, 0.1) is 18.3 Å². The molecular formula is C18H31N2O3Si. The molecule has 5 nitrogen and oxygen atoms in total. The number of aromatic nitrogens is 1. The molecule has 0 bridgehead atoms. The Morgan fingerprint density at radius 2 is 1.92 bits per heavy atom.